The fourth-order valence-electron chi connectivity index (χ4n) is 2.39. The number of halogens is 1. The lowest BCUT2D eigenvalue weighted by molar-refractivity contribution is -0.122. The van der Waals surface area contributed by atoms with Crippen molar-refractivity contribution in [1.82, 2.24) is 0 Å². The largest absolute Gasteiger partial charge is 0.494 e. The standard InChI is InChI=1S/C19H22BrNO3/c1-5-23-17-8-6-7-16(11-17)21-19(22)14(4)24-18-12(2)9-15(20)10-13(18)3/h6-11,14H,5H2,1-4H3,(H,21,22). The Bertz CT molecular complexity index is 707. The zero-order chi connectivity index (χ0) is 17.7. The third kappa shape index (κ3) is 4.74. The molecule has 0 aliphatic heterocycles. The highest BCUT2D eigenvalue weighted by atomic mass is 79.9. The van der Waals surface area contributed by atoms with Crippen molar-refractivity contribution < 1.29 is 14.3 Å². The van der Waals surface area contributed by atoms with Gasteiger partial charge in [-0.2, -0.15) is 0 Å². The molecule has 1 amide bonds. The molecule has 1 atom stereocenters. The molecule has 0 spiro atoms. The van der Waals surface area contributed by atoms with E-state index in [9.17, 15) is 4.79 Å². The minimum absolute atomic E-state index is 0.203. The zero-order valence-corrected chi connectivity index (χ0v) is 15.9. The highest BCUT2D eigenvalue weighted by molar-refractivity contribution is 9.10. The third-order valence-electron chi connectivity index (χ3n) is 3.50. The van der Waals surface area contributed by atoms with Gasteiger partial charge in [0, 0.05) is 16.2 Å². The Kier molecular flexibility index (Phi) is 6.26. The molecular formula is C19H22BrNO3. The van der Waals surface area contributed by atoms with Crippen LogP contribution in [-0.4, -0.2) is 18.6 Å². The Morgan fingerprint density at radius 1 is 1.21 bits per heavy atom. The number of carbonyl (C=O) groups is 1. The molecule has 0 heterocycles. The van der Waals surface area contributed by atoms with E-state index in [-0.39, 0.29) is 5.91 Å². The lowest BCUT2D eigenvalue weighted by Crippen LogP contribution is -2.30. The number of aryl methyl sites for hydroxylation is 2. The van der Waals surface area contributed by atoms with E-state index in [0.717, 1.165) is 27.1 Å². The van der Waals surface area contributed by atoms with E-state index in [1.165, 1.54) is 0 Å². The molecule has 128 valence electrons. The van der Waals surface area contributed by atoms with Crippen LogP contribution in [-0.2, 0) is 4.79 Å². The van der Waals surface area contributed by atoms with Crippen LogP contribution in [0, 0.1) is 13.8 Å². The van der Waals surface area contributed by atoms with Gasteiger partial charge in [-0.05, 0) is 63.1 Å². The third-order valence-corrected chi connectivity index (χ3v) is 3.96. The van der Waals surface area contributed by atoms with E-state index in [4.69, 9.17) is 9.47 Å². The first kappa shape index (κ1) is 18.3. The maximum absolute atomic E-state index is 12.4. The zero-order valence-electron chi connectivity index (χ0n) is 14.4. The molecule has 0 fully saturated rings. The topological polar surface area (TPSA) is 47.6 Å². The molecule has 5 heteroatoms. The summed E-state index contributed by atoms with van der Waals surface area (Å²) < 4.78 is 12.3. The number of benzene rings is 2. The Morgan fingerprint density at radius 3 is 2.50 bits per heavy atom. The molecule has 24 heavy (non-hydrogen) atoms. The van der Waals surface area contributed by atoms with E-state index >= 15 is 0 Å². The van der Waals surface area contributed by atoms with Gasteiger partial charge in [-0.1, -0.05) is 22.0 Å². The van der Waals surface area contributed by atoms with Crippen LogP contribution in [0.5, 0.6) is 11.5 Å². The van der Waals surface area contributed by atoms with Gasteiger partial charge >= 0.3 is 0 Å². The van der Waals surface area contributed by atoms with Gasteiger partial charge in [0.15, 0.2) is 6.10 Å². The molecule has 2 aromatic carbocycles. The highest BCUT2D eigenvalue weighted by Crippen LogP contribution is 2.28. The van der Waals surface area contributed by atoms with Gasteiger partial charge in [0.25, 0.3) is 5.91 Å². The van der Waals surface area contributed by atoms with Crippen molar-refractivity contribution in [2.24, 2.45) is 0 Å². The summed E-state index contributed by atoms with van der Waals surface area (Å²) in [4.78, 5) is 12.4. The summed E-state index contributed by atoms with van der Waals surface area (Å²) in [6.45, 7) is 8.16. The van der Waals surface area contributed by atoms with Crippen LogP contribution < -0.4 is 14.8 Å². The summed E-state index contributed by atoms with van der Waals surface area (Å²) in [7, 11) is 0. The average Bonchev–Trinajstić information content (AvgIpc) is 2.51. The molecule has 0 aliphatic carbocycles. The van der Waals surface area contributed by atoms with Crippen molar-refractivity contribution in [2.75, 3.05) is 11.9 Å². The minimum atomic E-state index is -0.612. The molecule has 1 unspecified atom stereocenters. The number of hydrogen-bond donors (Lipinski definition) is 1. The van der Waals surface area contributed by atoms with Gasteiger partial charge in [0.2, 0.25) is 0 Å². The number of carbonyl (C=O) groups excluding carboxylic acids is 1. The van der Waals surface area contributed by atoms with E-state index < -0.39 is 6.10 Å². The van der Waals surface area contributed by atoms with Crippen LogP contribution in [0.15, 0.2) is 40.9 Å². The highest BCUT2D eigenvalue weighted by Gasteiger charge is 2.17. The van der Waals surface area contributed by atoms with Gasteiger partial charge in [-0.25, -0.2) is 0 Å². The van der Waals surface area contributed by atoms with E-state index in [1.807, 2.05) is 51.1 Å². The minimum Gasteiger partial charge on any atom is -0.494 e. The predicted molar refractivity (Wildman–Crippen MR) is 99.9 cm³/mol. The predicted octanol–water partition coefficient (Wildman–Crippen LogP) is 4.87. The Balaban J connectivity index is 2.06. The smallest absolute Gasteiger partial charge is 0.265 e. The second-order valence-electron chi connectivity index (χ2n) is 5.58. The van der Waals surface area contributed by atoms with Crippen molar-refractivity contribution in [2.45, 2.75) is 33.8 Å². The molecule has 1 N–H and O–H groups in total. The fraction of sp³-hybridized carbons (Fsp3) is 0.316. The van der Waals surface area contributed by atoms with Gasteiger partial charge in [0.1, 0.15) is 11.5 Å². The SMILES string of the molecule is CCOc1cccc(NC(=O)C(C)Oc2c(C)cc(Br)cc2C)c1. The molecule has 0 aliphatic rings. The Labute approximate surface area is 151 Å². The quantitative estimate of drug-likeness (QED) is 0.763. The maximum Gasteiger partial charge on any atom is 0.265 e. The first-order chi connectivity index (χ1) is 11.4. The molecular weight excluding hydrogens is 370 g/mol. The normalized spacial score (nSPS) is 11.7. The summed E-state index contributed by atoms with van der Waals surface area (Å²) >= 11 is 3.46. The average molecular weight is 392 g/mol. The van der Waals surface area contributed by atoms with Crippen molar-refractivity contribution in [3.05, 3.63) is 52.0 Å². The first-order valence-electron chi connectivity index (χ1n) is 7.87. The van der Waals surface area contributed by atoms with E-state index in [1.54, 1.807) is 13.0 Å². The first-order valence-corrected chi connectivity index (χ1v) is 8.67. The van der Waals surface area contributed by atoms with Gasteiger partial charge in [-0.15, -0.1) is 0 Å². The molecule has 0 radical (unpaired) electrons. The van der Waals surface area contributed by atoms with Gasteiger partial charge < -0.3 is 14.8 Å². The monoisotopic (exact) mass is 391 g/mol. The van der Waals surface area contributed by atoms with Crippen LogP contribution in [0.25, 0.3) is 0 Å². The summed E-state index contributed by atoms with van der Waals surface area (Å²) in [5, 5.41) is 2.86. The maximum atomic E-state index is 12.4. The number of ether oxygens (including phenoxy) is 2. The molecule has 2 aromatic rings. The molecule has 0 saturated heterocycles. The van der Waals surface area contributed by atoms with E-state index in [2.05, 4.69) is 21.2 Å². The van der Waals surface area contributed by atoms with Gasteiger partial charge in [0.05, 0.1) is 6.61 Å². The number of nitrogens with one attached hydrogen (secondary N) is 1. The van der Waals surface area contributed by atoms with Crippen LogP contribution in [0.4, 0.5) is 5.69 Å². The molecule has 0 aromatic heterocycles. The van der Waals surface area contributed by atoms with Crippen molar-refractivity contribution in [1.29, 1.82) is 0 Å². The van der Waals surface area contributed by atoms with Gasteiger partial charge in [-0.3, -0.25) is 4.79 Å². The second-order valence-corrected chi connectivity index (χ2v) is 6.49. The van der Waals surface area contributed by atoms with Crippen LogP contribution in [0.1, 0.15) is 25.0 Å². The number of rotatable bonds is 6. The summed E-state index contributed by atoms with van der Waals surface area (Å²) in [5.41, 5.74) is 2.66. The van der Waals surface area contributed by atoms with Crippen LogP contribution in [0.3, 0.4) is 0 Å². The Morgan fingerprint density at radius 2 is 1.88 bits per heavy atom. The van der Waals surface area contributed by atoms with Crippen molar-refractivity contribution in [3.8, 4) is 11.5 Å². The van der Waals surface area contributed by atoms with Crippen molar-refractivity contribution >= 4 is 27.5 Å². The number of anilines is 1. The Hall–Kier alpha value is -2.01. The summed E-state index contributed by atoms with van der Waals surface area (Å²) in [6, 6.07) is 11.3. The second kappa shape index (κ2) is 8.20. The molecule has 4 nitrogen and oxygen atoms in total. The van der Waals surface area contributed by atoms with Crippen molar-refractivity contribution in [3.63, 3.8) is 0 Å². The summed E-state index contributed by atoms with van der Waals surface area (Å²) in [5.74, 6) is 1.26. The van der Waals surface area contributed by atoms with Crippen LogP contribution in [0.2, 0.25) is 0 Å². The van der Waals surface area contributed by atoms with E-state index in [0.29, 0.717) is 12.3 Å². The lowest BCUT2D eigenvalue weighted by atomic mass is 10.1. The molecule has 2 rings (SSSR count). The summed E-state index contributed by atoms with van der Waals surface area (Å²) in [6.07, 6.45) is -0.612. The molecule has 0 saturated carbocycles. The van der Waals surface area contributed by atoms with Crippen LogP contribution >= 0.6 is 15.9 Å². The number of hydrogen-bond acceptors (Lipinski definition) is 3. The number of amides is 1. The lowest BCUT2D eigenvalue weighted by Gasteiger charge is -2.18. The molecule has 0 bridgehead atoms. The fourth-order valence-corrected chi connectivity index (χ4v) is 3.07.